The molecule has 176 valence electrons. The molecule has 0 saturated carbocycles. The molecule has 2 N–H and O–H groups in total. The maximum absolute atomic E-state index is 13.6. The summed E-state index contributed by atoms with van der Waals surface area (Å²) in [6, 6.07) is 19.2. The first-order chi connectivity index (χ1) is 16.6. The first-order valence-corrected chi connectivity index (χ1v) is 12.4. The molecule has 3 aromatic carbocycles. The summed E-state index contributed by atoms with van der Waals surface area (Å²) < 4.78 is 6.76. The van der Waals surface area contributed by atoms with E-state index in [-0.39, 0.29) is 48.3 Å². The molecule has 0 aliphatic carbocycles. The van der Waals surface area contributed by atoms with Gasteiger partial charge < -0.3 is 16.4 Å². The Hall–Kier alpha value is -2.35. The Morgan fingerprint density at radius 1 is 0.914 bits per heavy atom. The Kier molecular flexibility index (Phi) is 8.52. The molecule has 7 heteroatoms. The molecule has 5 rings (SSSR count). The normalized spacial score (nSPS) is 13.9. The first-order valence-electron chi connectivity index (χ1n) is 11.6. The monoisotopic (exact) mass is 497 g/mol. The molecule has 1 saturated heterocycles. The van der Waals surface area contributed by atoms with Gasteiger partial charge in [-0.1, -0.05) is 6.42 Å². The summed E-state index contributed by atoms with van der Waals surface area (Å²) in [7, 11) is 0. The summed E-state index contributed by atoms with van der Waals surface area (Å²) in [6.45, 7) is 3.85. The number of likely N-dealkylation sites (tertiary alicyclic amines) is 1. The zero-order valence-corrected chi connectivity index (χ0v) is 22.7. The molecule has 1 fully saturated rings. The number of piperidine rings is 1. The number of hydrogen-bond acceptors (Lipinski definition) is 6. The number of phenolic OH excluding ortho intramolecular Hbond substituents is 2. The van der Waals surface area contributed by atoms with Crippen LogP contribution in [-0.4, -0.2) is 47.1 Å². The van der Waals surface area contributed by atoms with Crippen molar-refractivity contribution < 1.29 is 50.7 Å². The standard InChI is InChI=1S/C28H27NO4S.Na.H/c30-21-8-4-20(5-9-21)28-26(24-13-10-22(31)18-25(24)34-28)27(32)19-6-11-23(12-7-19)33-17-16-29-14-2-1-3-15-29;;/h4-13,18,30-31H,1-3,14-17H2;;/q;+1;-1. The van der Waals surface area contributed by atoms with Gasteiger partial charge in [-0.3, -0.25) is 9.69 Å². The van der Waals surface area contributed by atoms with E-state index in [0.717, 1.165) is 45.9 Å². The van der Waals surface area contributed by atoms with Gasteiger partial charge in [-0.15, -0.1) is 11.3 Å². The molecule has 1 aliphatic heterocycles. The molecule has 1 aliphatic rings. The number of benzene rings is 3. The molecule has 5 nitrogen and oxygen atoms in total. The van der Waals surface area contributed by atoms with E-state index >= 15 is 0 Å². The summed E-state index contributed by atoms with van der Waals surface area (Å²) in [5.41, 5.74) is 2.03. The van der Waals surface area contributed by atoms with Crippen molar-refractivity contribution >= 4 is 27.2 Å². The number of fused-ring (bicyclic) bond motifs is 1. The largest absolute Gasteiger partial charge is 1.00 e. The molecule has 0 radical (unpaired) electrons. The molecule has 0 amide bonds. The van der Waals surface area contributed by atoms with Crippen LogP contribution in [0.5, 0.6) is 17.2 Å². The molecule has 0 atom stereocenters. The van der Waals surface area contributed by atoms with Crippen LogP contribution in [0.3, 0.4) is 0 Å². The van der Waals surface area contributed by atoms with E-state index in [1.165, 1.54) is 30.6 Å². The van der Waals surface area contributed by atoms with Crippen molar-refractivity contribution in [3.63, 3.8) is 0 Å². The van der Waals surface area contributed by atoms with Crippen LogP contribution in [0, 0.1) is 0 Å². The third-order valence-electron chi connectivity index (χ3n) is 6.27. The number of ketones is 1. The van der Waals surface area contributed by atoms with Gasteiger partial charge in [0, 0.05) is 32.6 Å². The van der Waals surface area contributed by atoms with Crippen LogP contribution in [0.25, 0.3) is 20.5 Å². The van der Waals surface area contributed by atoms with Gasteiger partial charge in [0.1, 0.15) is 23.9 Å². The predicted octanol–water partition coefficient (Wildman–Crippen LogP) is 3.19. The van der Waals surface area contributed by atoms with Gasteiger partial charge in [0.2, 0.25) is 0 Å². The Balaban J connectivity index is 0.00000180. The molecule has 4 aromatic rings. The number of phenols is 2. The van der Waals surface area contributed by atoms with Crippen molar-refractivity contribution in [1.29, 1.82) is 0 Å². The smallest absolute Gasteiger partial charge is 1.00 e. The Labute approximate surface area is 232 Å². The third kappa shape index (κ3) is 5.90. The molecule has 0 unspecified atom stereocenters. The zero-order chi connectivity index (χ0) is 23.5. The second-order valence-electron chi connectivity index (χ2n) is 8.64. The summed E-state index contributed by atoms with van der Waals surface area (Å²) in [5, 5.41) is 20.4. The van der Waals surface area contributed by atoms with Gasteiger partial charge in [-0.25, -0.2) is 0 Å². The molecule has 0 spiro atoms. The average molecular weight is 498 g/mol. The second-order valence-corrected chi connectivity index (χ2v) is 9.69. The number of carbonyl (C=O) groups excluding carboxylic acids is 1. The summed E-state index contributed by atoms with van der Waals surface area (Å²) in [4.78, 5) is 16.9. The predicted molar refractivity (Wildman–Crippen MR) is 137 cm³/mol. The van der Waals surface area contributed by atoms with Crippen LogP contribution in [0.1, 0.15) is 36.6 Å². The van der Waals surface area contributed by atoms with Crippen molar-refractivity contribution in [2.24, 2.45) is 0 Å². The van der Waals surface area contributed by atoms with Crippen LogP contribution in [0.4, 0.5) is 0 Å². The molecule has 35 heavy (non-hydrogen) atoms. The van der Waals surface area contributed by atoms with E-state index < -0.39 is 0 Å². The van der Waals surface area contributed by atoms with E-state index in [9.17, 15) is 15.0 Å². The number of ether oxygens (including phenoxy) is 1. The minimum absolute atomic E-state index is 0. The quantitative estimate of drug-likeness (QED) is 0.303. The number of carbonyl (C=O) groups is 1. The Morgan fingerprint density at radius 2 is 1.60 bits per heavy atom. The summed E-state index contributed by atoms with van der Waals surface area (Å²) in [6.07, 6.45) is 3.85. The molecule has 2 heterocycles. The van der Waals surface area contributed by atoms with E-state index in [0.29, 0.717) is 17.7 Å². The Bertz CT molecular complexity index is 1300. The first kappa shape index (κ1) is 25.7. The van der Waals surface area contributed by atoms with Crippen LogP contribution in [0.15, 0.2) is 66.7 Å². The van der Waals surface area contributed by atoms with Gasteiger partial charge in [-0.05, 0) is 98.2 Å². The minimum Gasteiger partial charge on any atom is -1.00 e. The van der Waals surface area contributed by atoms with Gasteiger partial charge in [0.15, 0.2) is 5.78 Å². The van der Waals surface area contributed by atoms with Crippen molar-refractivity contribution in [2.75, 3.05) is 26.2 Å². The molecular formula is C28H28NNaO4S. The van der Waals surface area contributed by atoms with Crippen molar-refractivity contribution in [3.8, 4) is 27.7 Å². The zero-order valence-electron chi connectivity index (χ0n) is 20.9. The Morgan fingerprint density at radius 3 is 2.31 bits per heavy atom. The topological polar surface area (TPSA) is 70.0 Å². The van der Waals surface area contributed by atoms with Gasteiger partial charge in [-0.2, -0.15) is 0 Å². The minimum atomic E-state index is -0.0834. The summed E-state index contributed by atoms with van der Waals surface area (Å²) >= 11 is 1.46. The van der Waals surface area contributed by atoms with E-state index in [4.69, 9.17) is 4.74 Å². The van der Waals surface area contributed by atoms with Crippen LogP contribution < -0.4 is 34.3 Å². The van der Waals surface area contributed by atoms with Gasteiger partial charge >= 0.3 is 29.6 Å². The van der Waals surface area contributed by atoms with Crippen molar-refractivity contribution in [2.45, 2.75) is 19.3 Å². The summed E-state index contributed by atoms with van der Waals surface area (Å²) in [5.74, 6) is 1.01. The number of rotatable bonds is 7. The average Bonchev–Trinajstić information content (AvgIpc) is 3.23. The SMILES string of the molecule is O=C(c1ccc(OCCN2CCCCC2)cc1)c1c(-c2ccc(O)cc2)sc2cc(O)ccc12.[H-].[Na+]. The van der Waals surface area contributed by atoms with Crippen LogP contribution in [-0.2, 0) is 0 Å². The van der Waals surface area contributed by atoms with Gasteiger partial charge in [0.05, 0.1) is 0 Å². The van der Waals surface area contributed by atoms with Crippen molar-refractivity contribution in [1.82, 2.24) is 4.90 Å². The van der Waals surface area contributed by atoms with E-state index in [2.05, 4.69) is 4.90 Å². The van der Waals surface area contributed by atoms with Crippen LogP contribution in [0.2, 0.25) is 0 Å². The fourth-order valence-electron chi connectivity index (χ4n) is 4.45. The fourth-order valence-corrected chi connectivity index (χ4v) is 5.69. The number of nitrogens with zero attached hydrogens (tertiary/aromatic N) is 1. The van der Waals surface area contributed by atoms with E-state index in [1.54, 1.807) is 42.5 Å². The number of thiophene rings is 1. The molecular weight excluding hydrogens is 469 g/mol. The number of hydrogen-bond donors (Lipinski definition) is 2. The maximum Gasteiger partial charge on any atom is 1.00 e. The third-order valence-corrected chi connectivity index (χ3v) is 7.47. The molecule has 1 aromatic heterocycles. The van der Waals surface area contributed by atoms with Crippen LogP contribution >= 0.6 is 11.3 Å². The molecule has 0 bridgehead atoms. The second kappa shape index (κ2) is 11.6. The van der Waals surface area contributed by atoms with Gasteiger partial charge in [0.25, 0.3) is 0 Å². The number of aromatic hydroxyl groups is 2. The van der Waals surface area contributed by atoms with Crippen molar-refractivity contribution in [3.05, 3.63) is 77.9 Å². The van der Waals surface area contributed by atoms with E-state index in [1.807, 2.05) is 24.3 Å². The fraction of sp³-hybridized carbons (Fsp3) is 0.250. The maximum atomic E-state index is 13.6.